The summed E-state index contributed by atoms with van der Waals surface area (Å²) in [6.07, 6.45) is -4.69. The molecule has 1 rings (SSSR count). The zero-order valence-electron chi connectivity index (χ0n) is 14.6. The first-order valence-corrected chi connectivity index (χ1v) is 7.45. The van der Waals surface area contributed by atoms with Gasteiger partial charge in [-0.15, -0.1) is 0 Å². The molecule has 5 unspecified atom stereocenters. The zero-order valence-corrected chi connectivity index (χ0v) is 14.6. The maximum Gasteiger partial charge on any atom is 0.303 e. The Hall–Kier alpha value is -2.85. The molecule has 1 aliphatic rings. The van der Waals surface area contributed by atoms with Gasteiger partial charge < -0.3 is 24.1 Å². The van der Waals surface area contributed by atoms with Crippen molar-refractivity contribution in [2.24, 2.45) is 11.0 Å². The Morgan fingerprint density at radius 2 is 1.65 bits per heavy atom. The molecule has 12 nitrogen and oxygen atoms in total. The number of carbonyl (C=O) groups is 4. The van der Waals surface area contributed by atoms with Crippen molar-refractivity contribution in [3.8, 4) is 0 Å². The second-order valence-corrected chi connectivity index (χ2v) is 5.54. The summed E-state index contributed by atoms with van der Waals surface area (Å²) >= 11 is 0. The zero-order chi connectivity index (χ0) is 20.1. The molecule has 0 aromatic rings. The fourth-order valence-electron chi connectivity index (χ4n) is 2.84. The average molecular weight is 373 g/mol. The van der Waals surface area contributed by atoms with Gasteiger partial charge in [0.05, 0.1) is 5.92 Å². The summed E-state index contributed by atoms with van der Waals surface area (Å²) in [5.41, 5.74) is 6.52. The number of carbonyl (C=O) groups excluding carboxylic acids is 4. The van der Waals surface area contributed by atoms with Crippen LogP contribution in [0, 0.1) is 5.92 Å². The summed E-state index contributed by atoms with van der Waals surface area (Å²) in [6, 6.07) is 0. The third kappa shape index (κ3) is 4.41. The van der Waals surface area contributed by atoms with Crippen LogP contribution in [0.4, 0.5) is 0 Å². The van der Waals surface area contributed by atoms with Crippen LogP contribution in [0.2, 0.25) is 0 Å². The van der Waals surface area contributed by atoms with E-state index in [2.05, 4.69) is 10.0 Å². The minimum absolute atomic E-state index is 0.462. The third-order valence-corrected chi connectivity index (χ3v) is 3.67. The molecular weight excluding hydrogens is 354 g/mol. The maximum absolute atomic E-state index is 11.6. The predicted octanol–water partition coefficient (Wildman–Crippen LogP) is -0.0267. The van der Waals surface area contributed by atoms with Crippen LogP contribution in [0.5, 0.6) is 0 Å². The number of esters is 4. The van der Waals surface area contributed by atoms with Gasteiger partial charge >= 0.3 is 23.9 Å². The van der Waals surface area contributed by atoms with E-state index in [1.54, 1.807) is 0 Å². The van der Waals surface area contributed by atoms with Gasteiger partial charge in [-0.3, -0.25) is 19.2 Å². The van der Waals surface area contributed by atoms with Crippen LogP contribution in [0.15, 0.2) is 5.11 Å². The molecule has 1 saturated carbocycles. The Labute approximate surface area is 148 Å². The van der Waals surface area contributed by atoms with Crippen LogP contribution >= 0.6 is 0 Å². The van der Waals surface area contributed by atoms with Gasteiger partial charge in [0.1, 0.15) is 6.61 Å². The van der Waals surface area contributed by atoms with Gasteiger partial charge in [-0.25, -0.2) is 0 Å². The summed E-state index contributed by atoms with van der Waals surface area (Å²) in [4.78, 5) is 48.0. The monoisotopic (exact) mass is 373 g/mol. The number of hydrogen-bond donors (Lipinski definition) is 1. The fourth-order valence-corrected chi connectivity index (χ4v) is 2.84. The number of aliphatic hydroxyl groups excluding tert-OH is 1. The van der Waals surface area contributed by atoms with Crippen LogP contribution < -0.4 is 0 Å². The van der Waals surface area contributed by atoms with Gasteiger partial charge in [-0.1, -0.05) is 5.11 Å². The van der Waals surface area contributed by atoms with Crippen LogP contribution in [-0.2, 0) is 38.1 Å². The minimum atomic E-state index is -2.10. The second-order valence-electron chi connectivity index (χ2n) is 5.54. The van der Waals surface area contributed by atoms with Crippen molar-refractivity contribution in [2.45, 2.75) is 51.7 Å². The Bertz CT molecular complexity index is 646. The van der Waals surface area contributed by atoms with E-state index in [0.29, 0.717) is 0 Å². The molecule has 0 spiro atoms. The molecule has 0 aromatic carbocycles. The minimum Gasteiger partial charge on any atom is -0.465 e. The summed E-state index contributed by atoms with van der Waals surface area (Å²) < 4.78 is 20.1. The lowest BCUT2D eigenvalue weighted by molar-refractivity contribution is -0.312. The molecule has 1 aliphatic carbocycles. The Morgan fingerprint density at radius 3 is 2.08 bits per heavy atom. The van der Waals surface area contributed by atoms with Crippen LogP contribution in [0.25, 0.3) is 10.4 Å². The molecule has 0 aromatic heterocycles. The number of ether oxygens (including phenoxy) is 4. The van der Waals surface area contributed by atoms with Gasteiger partial charge in [0.15, 0.2) is 24.0 Å². The van der Waals surface area contributed by atoms with Gasteiger partial charge in [-0.2, -0.15) is 0 Å². The Kier molecular flexibility index (Phi) is 6.93. The molecule has 5 atom stereocenters. The lowest BCUT2D eigenvalue weighted by atomic mass is 9.62. The molecule has 0 amide bonds. The van der Waals surface area contributed by atoms with E-state index in [1.165, 1.54) is 0 Å². The van der Waals surface area contributed by atoms with E-state index >= 15 is 0 Å². The number of aliphatic hydroxyl groups is 1. The first kappa shape index (κ1) is 21.2. The summed E-state index contributed by atoms with van der Waals surface area (Å²) in [5.74, 6) is -4.33. The van der Waals surface area contributed by atoms with Gasteiger partial charge in [0.2, 0.25) is 0 Å². The highest BCUT2D eigenvalue weighted by Gasteiger charge is 2.72. The Morgan fingerprint density at radius 1 is 1.08 bits per heavy atom. The first-order valence-electron chi connectivity index (χ1n) is 7.45. The summed E-state index contributed by atoms with van der Waals surface area (Å²) in [5, 5.41) is 13.4. The highest BCUT2D eigenvalue weighted by molar-refractivity contribution is 5.70. The molecular formula is C14H19N3O9. The average Bonchev–Trinajstić information content (AvgIpc) is 2.49. The molecule has 0 radical (unpaired) electrons. The predicted molar refractivity (Wildman–Crippen MR) is 80.9 cm³/mol. The molecule has 144 valence electrons. The molecule has 26 heavy (non-hydrogen) atoms. The van der Waals surface area contributed by atoms with Crippen molar-refractivity contribution in [3.63, 3.8) is 0 Å². The standard InChI is InChI=1S/C14H19N3O9/c1-6(18)23-5-10-11(24-7(2)19)12(25-8(3)20)14(10,26-9(4)21)13(22)16-17-15/h10-13,22H,5H2,1-4H3. The smallest absolute Gasteiger partial charge is 0.303 e. The number of rotatable bonds is 7. The van der Waals surface area contributed by atoms with Crippen molar-refractivity contribution < 1.29 is 43.2 Å². The van der Waals surface area contributed by atoms with Crippen molar-refractivity contribution in [2.75, 3.05) is 6.61 Å². The van der Waals surface area contributed by atoms with Gasteiger partial charge in [-0.05, 0) is 5.53 Å². The molecule has 12 heteroatoms. The topological polar surface area (TPSA) is 174 Å². The van der Waals surface area contributed by atoms with E-state index in [0.717, 1.165) is 27.7 Å². The van der Waals surface area contributed by atoms with E-state index in [-0.39, 0.29) is 0 Å². The normalized spacial score (nSPS) is 27.8. The number of hydrogen-bond acceptors (Lipinski definition) is 10. The highest BCUT2D eigenvalue weighted by atomic mass is 16.6. The van der Waals surface area contributed by atoms with E-state index in [1.807, 2.05) is 0 Å². The molecule has 1 fully saturated rings. The Balaban J connectivity index is 3.42. The lowest BCUT2D eigenvalue weighted by Gasteiger charge is -2.57. The van der Waals surface area contributed by atoms with Crippen LogP contribution in [0.1, 0.15) is 27.7 Å². The van der Waals surface area contributed by atoms with Crippen LogP contribution in [-0.4, -0.2) is 59.6 Å². The van der Waals surface area contributed by atoms with E-state index < -0.39 is 60.4 Å². The molecule has 0 aliphatic heterocycles. The number of azide groups is 1. The maximum atomic E-state index is 11.6. The highest BCUT2D eigenvalue weighted by Crippen LogP contribution is 2.49. The molecule has 0 saturated heterocycles. The second kappa shape index (κ2) is 8.50. The van der Waals surface area contributed by atoms with E-state index in [4.69, 9.17) is 24.5 Å². The van der Waals surface area contributed by atoms with E-state index in [9.17, 15) is 24.3 Å². The van der Waals surface area contributed by atoms with Gasteiger partial charge in [0, 0.05) is 32.6 Å². The van der Waals surface area contributed by atoms with Crippen molar-refractivity contribution >= 4 is 23.9 Å². The quantitative estimate of drug-likeness (QED) is 0.211. The molecule has 0 heterocycles. The summed E-state index contributed by atoms with van der Waals surface area (Å²) in [7, 11) is 0. The van der Waals surface area contributed by atoms with Gasteiger partial charge in [0.25, 0.3) is 0 Å². The van der Waals surface area contributed by atoms with Crippen molar-refractivity contribution in [3.05, 3.63) is 10.4 Å². The molecule has 0 bridgehead atoms. The van der Waals surface area contributed by atoms with Crippen molar-refractivity contribution in [1.82, 2.24) is 0 Å². The molecule has 1 N–H and O–H groups in total. The number of nitrogens with zero attached hydrogens (tertiary/aromatic N) is 3. The largest absolute Gasteiger partial charge is 0.465 e. The first-order chi connectivity index (χ1) is 12.1. The lowest BCUT2D eigenvalue weighted by Crippen LogP contribution is -2.78. The van der Waals surface area contributed by atoms with Crippen LogP contribution in [0.3, 0.4) is 0 Å². The van der Waals surface area contributed by atoms with Crippen molar-refractivity contribution in [1.29, 1.82) is 0 Å². The fraction of sp³-hybridized carbons (Fsp3) is 0.714. The third-order valence-electron chi connectivity index (χ3n) is 3.67. The summed E-state index contributed by atoms with van der Waals surface area (Å²) in [6.45, 7) is 3.79. The SMILES string of the molecule is CC(=O)OCC1C(OC(C)=O)C(OC(C)=O)C1(OC(C)=O)C(O)N=[N+]=[N-].